The van der Waals surface area contributed by atoms with Crippen LogP contribution in [0.15, 0.2) is 12.4 Å². The van der Waals surface area contributed by atoms with E-state index in [1.807, 2.05) is 17.0 Å². The van der Waals surface area contributed by atoms with Gasteiger partial charge in [-0.05, 0) is 63.4 Å². The number of aryl methyl sites for hydroxylation is 3. The molecule has 208 valence electrons. The van der Waals surface area contributed by atoms with Gasteiger partial charge in [-0.15, -0.1) is 0 Å². The molecule has 37 heavy (non-hydrogen) atoms. The highest BCUT2D eigenvalue weighted by molar-refractivity contribution is 5.74. The fourth-order valence-corrected chi connectivity index (χ4v) is 3.95. The third kappa shape index (κ3) is 11.6. The number of rotatable bonds is 19. The Morgan fingerprint density at radius 2 is 0.973 bits per heavy atom. The molecule has 1 unspecified atom stereocenters. The maximum atomic E-state index is 11.2. The zero-order valence-corrected chi connectivity index (χ0v) is 20.9. The number of hydrogen-bond acceptors (Lipinski definition) is 8. The molecule has 1 rings (SSSR count). The zero-order chi connectivity index (χ0) is 28.1. The van der Waals surface area contributed by atoms with E-state index in [2.05, 4.69) is 0 Å². The van der Waals surface area contributed by atoms with Crippen LogP contribution in [0, 0.1) is 0 Å². The van der Waals surface area contributed by atoms with Gasteiger partial charge in [0.05, 0.1) is 0 Å². The molecule has 0 aromatic carbocycles. The summed E-state index contributed by atoms with van der Waals surface area (Å²) in [6.07, 6.45) is 7.46. The number of aliphatic carboxylic acids is 4. The van der Waals surface area contributed by atoms with Crippen molar-refractivity contribution in [1.82, 2.24) is 0 Å². The normalized spacial score (nSPS) is 14.5. The Hall–Kier alpha value is -3.13. The van der Waals surface area contributed by atoms with E-state index in [9.17, 15) is 29.4 Å². The number of carboxylic acid groups (broad SMARTS) is 4. The second-order valence-corrected chi connectivity index (χ2v) is 9.27. The van der Waals surface area contributed by atoms with Gasteiger partial charge in [-0.2, -0.15) is 0 Å². The number of aromatic nitrogens is 1. The van der Waals surface area contributed by atoms with Gasteiger partial charge in [-0.25, -0.2) is 4.57 Å². The van der Waals surface area contributed by atoms with Gasteiger partial charge in [-0.1, -0.05) is 0 Å². The second-order valence-electron chi connectivity index (χ2n) is 9.27. The quantitative estimate of drug-likeness (QED) is 0.0795. The molecule has 13 nitrogen and oxygen atoms in total. The average Bonchev–Trinajstić information content (AvgIpc) is 2.83. The van der Waals surface area contributed by atoms with Gasteiger partial charge >= 0.3 is 23.9 Å². The summed E-state index contributed by atoms with van der Waals surface area (Å²) in [7, 11) is 0. The first-order valence-electron chi connectivity index (χ1n) is 12.3. The molecule has 13 heteroatoms. The van der Waals surface area contributed by atoms with Crippen LogP contribution < -0.4 is 27.5 Å². The minimum atomic E-state index is -1.12. The number of carbonyl (C=O) groups is 4. The highest BCUT2D eigenvalue weighted by atomic mass is 16.4. The Balaban J connectivity index is 3.23. The Kier molecular flexibility index (Phi) is 13.7. The van der Waals surface area contributed by atoms with E-state index < -0.39 is 48.0 Å². The molecule has 0 spiro atoms. The van der Waals surface area contributed by atoms with Crippen LogP contribution in [0.2, 0.25) is 0 Å². The van der Waals surface area contributed by atoms with Crippen LogP contribution >= 0.6 is 0 Å². The van der Waals surface area contributed by atoms with Crippen molar-refractivity contribution in [1.29, 1.82) is 0 Å². The van der Waals surface area contributed by atoms with Crippen molar-refractivity contribution >= 4 is 23.9 Å². The van der Waals surface area contributed by atoms with Crippen LogP contribution in [0.3, 0.4) is 0 Å². The lowest BCUT2D eigenvalue weighted by Gasteiger charge is -2.16. The molecule has 0 bridgehead atoms. The van der Waals surface area contributed by atoms with E-state index in [0.717, 1.165) is 16.7 Å². The summed E-state index contributed by atoms with van der Waals surface area (Å²) in [5.41, 5.74) is 25.2. The molecular formula is C24H40N5O8+. The summed E-state index contributed by atoms with van der Waals surface area (Å²) >= 11 is 0. The molecule has 1 heterocycles. The molecule has 0 fully saturated rings. The topological polar surface area (TPSA) is 257 Å². The average molecular weight is 527 g/mol. The van der Waals surface area contributed by atoms with Gasteiger partial charge in [-0.3, -0.25) is 19.2 Å². The van der Waals surface area contributed by atoms with Gasteiger partial charge in [0.25, 0.3) is 0 Å². The summed E-state index contributed by atoms with van der Waals surface area (Å²) in [5.74, 6) is -4.41. The largest absolute Gasteiger partial charge is 0.480 e. The van der Waals surface area contributed by atoms with E-state index in [0.29, 0.717) is 51.5 Å². The molecule has 0 aliphatic rings. The fourth-order valence-electron chi connectivity index (χ4n) is 3.95. The molecule has 0 aliphatic heterocycles. The second kappa shape index (κ2) is 15.9. The minimum Gasteiger partial charge on any atom is -0.480 e. The van der Waals surface area contributed by atoms with Crippen LogP contribution in [0.4, 0.5) is 0 Å². The summed E-state index contributed by atoms with van der Waals surface area (Å²) in [6, 6.07) is -4.09. The summed E-state index contributed by atoms with van der Waals surface area (Å²) in [5, 5.41) is 36.4. The van der Waals surface area contributed by atoms with Crippen LogP contribution in [0.1, 0.15) is 61.6 Å². The third-order valence-electron chi connectivity index (χ3n) is 6.26. The number of unbranched alkanes of at least 4 members (excludes halogenated alkanes) is 1. The highest BCUT2D eigenvalue weighted by Crippen LogP contribution is 2.21. The van der Waals surface area contributed by atoms with Crippen LogP contribution in [-0.4, -0.2) is 68.5 Å². The zero-order valence-electron chi connectivity index (χ0n) is 20.9. The standard InChI is InChI=1S/C24H39N5O8/c25-17(21(30)31)5-1-2-11-29-12-14(7-9-19(27)23(34)35)16(4-3-6-18(26)22(32)33)15(13-29)8-10-20(28)24(36)37/h12-13,17-20H,1-11,25-28H2,(H3-,30,31,32,33,34,35,36,37)/p+1/t17?,18-,19-,20-/m0/s1. The van der Waals surface area contributed by atoms with E-state index in [1.165, 1.54) is 0 Å². The SMILES string of the molecule is NC(CCCC[n+]1cc(CC[C@H](N)C(=O)O)c(CCC[C@H](N)C(=O)O)c(CC[C@H](N)C(=O)O)c1)C(=O)O. The lowest BCUT2D eigenvalue weighted by molar-refractivity contribution is -0.698. The summed E-state index contributed by atoms with van der Waals surface area (Å²) < 4.78 is 1.90. The molecular weight excluding hydrogens is 486 g/mol. The van der Waals surface area contributed by atoms with Crippen molar-refractivity contribution in [3.63, 3.8) is 0 Å². The number of hydrogen-bond donors (Lipinski definition) is 8. The molecule has 0 amide bonds. The first-order chi connectivity index (χ1) is 17.3. The van der Waals surface area contributed by atoms with Crippen molar-refractivity contribution in [3.05, 3.63) is 29.1 Å². The van der Waals surface area contributed by atoms with Gasteiger partial charge in [0.1, 0.15) is 30.7 Å². The van der Waals surface area contributed by atoms with E-state index in [1.54, 1.807) is 0 Å². The maximum Gasteiger partial charge on any atom is 0.320 e. The fraction of sp³-hybridized carbons (Fsp3) is 0.625. The molecule has 0 radical (unpaired) electrons. The van der Waals surface area contributed by atoms with Crippen LogP contribution in [0.25, 0.3) is 0 Å². The van der Waals surface area contributed by atoms with Crippen molar-refractivity contribution in [2.24, 2.45) is 22.9 Å². The highest BCUT2D eigenvalue weighted by Gasteiger charge is 2.22. The predicted molar refractivity (Wildman–Crippen MR) is 133 cm³/mol. The number of carboxylic acids is 4. The smallest absolute Gasteiger partial charge is 0.320 e. The lowest BCUT2D eigenvalue weighted by Crippen LogP contribution is -2.37. The minimum absolute atomic E-state index is 0.169. The number of pyridine rings is 1. The third-order valence-corrected chi connectivity index (χ3v) is 6.26. The molecule has 4 atom stereocenters. The van der Waals surface area contributed by atoms with Crippen molar-refractivity contribution in [2.75, 3.05) is 0 Å². The van der Waals surface area contributed by atoms with Gasteiger partial charge in [0.15, 0.2) is 12.4 Å². The first-order valence-corrected chi connectivity index (χ1v) is 12.3. The Morgan fingerprint density at radius 3 is 1.38 bits per heavy atom. The van der Waals surface area contributed by atoms with Crippen LogP contribution in [-0.2, 0) is 45.0 Å². The summed E-state index contributed by atoms with van der Waals surface area (Å²) in [6.45, 7) is 0.534. The van der Waals surface area contributed by atoms with Gasteiger partial charge in [0, 0.05) is 17.5 Å². The summed E-state index contributed by atoms with van der Waals surface area (Å²) in [4.78, 5) is 44.5. The predicted octanol–water partition coefficient (Wildman–Crippen LogP) is -1.02. The van der Waals surface area contributed by atoms with E-state index in [4.69, 9.17) is 33.1 Å². The lowest BCUT2D eigenvalue weighted by atomic mass is 9.91. The van der Waals surface area contributed by atoms with Crippen molar-refractivity contribution in [3.8, 4) is 0 Å². The molecule has 12 N–H and O–H groups in total. The van der Waals surface area contributed by atoms with Gasteiger partial charge < -0.3 is 43.4 Å². The molecule has 0 aliphatic carbocycles. The number of nitrogens with two attached hydrogens (primary N) is 4. The van der Waals surface area contributed by atoms with Crippen molar-refractivity contribution in [2.45, 2.75) is 94.9 Å². The van der Waals surface area contributed by atoms with Crippen molar-refractivity contribution < 1.29 is 44.2 Å². The Bertz CT molecular complexity index is 897. The molecule has 0 saturated carbocycles. The number of nitrogens with zero attached hydrogens (tertiary/aromatic N) is 1. The van der Waals surface area contributed by atoms with Crippen LogP contribution in [0.5, 0.6) is 0 Å². The Morgan fingerprint density at radius 1 is 0.595 bits per heavy atom. The van der Waals surface area contributed by atoms with E-state index in [-0.39, 0.29) is 19.3 Å². The maximum absolute atomic E-state index is 11.2. The van der Waals surface area contributed by atoms with Gasteiger partial charge in [0.2, 0.25) is 0 Å². The molecule has 1 aromatic heterocycles. The molecule has 0 saturated heterocycles. The van der Waals surface area contributed by atoms with E-state index >= 15 is 0 Å². The molecule has 1 aromatic rings. The first kappa shape index (κ1) is 31.9. The Labute approximate surface area is 215 Å². The monoisotopic (exact) mass is 526 g/mol.